The Morgan fingerprint density at radius 2 is 1.89 bits per heavy atom. The van der Waals surface area contributed by atoms with Gasteiger partial charge in [-0.25, -0.2) is 0 Å². The molecule has 1 aromatic carbocycles. The van der Waals surface area contributed by atoms with E-state index in [1.165, 1.54) is 0 Å². The minimum Gasteiger partial charge on any atom is -0.324 e. The average molecular weight is 299 g/mol. The highest BCUT2D eigenvalue weighted by molar-refractivity contribution is 6.42. The van der Waals surface area contributed by atoms with Gasteiger partial charge in [-0.05, 0) is 24.1 Å². The van der Waals surface area contributed by atoms with Crippen molar-refractivity contribution in [1.82, 2.24) is 14.8 Å². The average Bonchev–Trinajstić information content (AvgIpc) is 2.77. The van der Waals surface area contributed by atoms with Crippen molar-refractivity contribution in [2.45, 2.75) is 32.9 Å². The Kier molecular flexibility index (Phi) is 4.80. The van der Waals surface area contributed by atoms with E-state index in [1.54, 1.807) is 6.07 Å². The van der Waals surface area contributed by atoms with Crippen molar-refractivity contribution in [3.05, 3.63) is 45.5 Å². The maximum absolute atomic E-state index is 6.02. The molecule has 1 aromatic heterocycles. The molecule has 0 fully saturated rings. The summed E-state index contributed by atoms with van der Waals surface area (Å²) in [5.41, 5.74) is 6.73. The van der Waals surface area contributed by atoms with E-state index in [1.807, 2.05) is 12.1 Å². The van der Waals surface area contributed by atoms with E-state index in [0.29, 0.717) is 23.0 Å². The first kappa shape index (κ1) is 14.3. The summed E-state index contributed by atoms with van der Waals surface area (Å²) in [7, 11) is 0. The predicted molar refractivity (Wildman–Crippen MR) is 77.5 cm³/mol. The summed E-state index contributed by atoms with van der Waals surface area (Å²) < 4.78 is 2.07. The number of nitrogens with two attached hydrogens (primary N) is 1. The minimum atomic E-state index is 0.397. The van der Waals surface area contributed by atoms with E-state index in [9.17, 15) is 0 Å². The third kappa shape index (κ3) is 3.26. The summed E-state index contributed by atoms with van der Waals surface area (Å²) in [6.45, 7) is 3.38. The molecule has 2 aromatic rings. The van der Waals surface area contributed by atoms with Crippen molar-refractivity contribution in [3.63, 3.8) is 0 Å². The van der Waals surface area contributed by atoms with Crippen LogP contribution in [-0.2, 0) is 19.5 Å². The molecule has 0 atom stereocenters. The van der Waals surface area contributed by atoms with Gasteiger partial charge in [0.1, 0.15) is 11.6 Å². The lowest BCUT2D eigenvalue weighted by molar-refractivity contribution is 0.615. The minimum absolute atomic E-state index is 0.397. The number of nitrogens with zero attached hydrogens (tertiary/aromatic N) is 3. The quantitative estimate of drug-likeness (QED) is 0.923. The lowest BCUT2D eigenvalue weighted by atomic mass is 10.1. The first-order valence-electron chi connectivity index (χ1n) is 6.20. The number of aromatic nitrogens is 3. The van der Waals surface area contributed by atoms with Crippen LogP contribution in [0, 0.1) is 0 Å². The maximum Gasteiger partial charge on any atom is 0.146 e. The fraction of sp³-hybridized carbons (Fsp3) is 0.385. The second-order valence-corrected chi connectivity index (χ2v) is 5.13. The molecule has 102 valence electrons. The Morgan fingerprint density at radius 1 is 1.16 bits per heavy atom. The SMILES string of the molecule is CCCn1c(CN)nnc1Cc1ccc(Cl)c(Cl)c1. The lowest BCUT2D eigenvalue weighted by Crippen LogP contribution is -2.11. The van der Waals surface area contributed by atoms with Crippen LogP contribution in [0.3, 0.4) is 0 Å². The van der Waals surface area contributed by atoms with E-state index >= 15 is 0 Å². The first-order valence-corrected chi connectivity index (χ1v) is 6.96. The predicted octanol–water partition coefficient (Wildman–Crippen LogP) is 3.04. The normalized spacial score (nSPS) is 10.9. The number of halogens is 2. The Bertz CT molecular complexity index is 566. The molecule has 0 spiro atoms. The van der Waals surface area contributed by atoms with Gasteiger partial charge in [-0.2, -0.15) is 0 Å². The molecule has 0 bridgehead atoms. The second kappa shape index (κ2) is 6.37. The topological polar surface area (TPSA) is 56.7 Å². The van der Waals surface area contributed by atoms with E-state index in [2.05, 4.69) is 21.7 Å². The van der Waals surface area contributed by atoms with Crippen molar-refractivity contribution in [1.29, 1.82) is 0 Å². The highest BCUT2D eigenvalue weighted by Crippen LogP contribution is 2.23. The number of benzene rings is 1. The van der Waals surface area contributed by atoms with Gasteiger partial charge in [-0.1, -0.05) is 36.2 Å². The van der Waals surface area contributed by atoms with Crippen LogP contribution in [0.2, 0.25) is 10.0 Å². The molecule has 6 heteroatoms. The van der Waals surface area contributed by atoms with Gasteiger partial charge in [0.2, 0.25) is 0 Å². The van der Waals surface area contributed by atoms with Gasteiger partial charge in [0, 0.05) is 13.0 Å². The molecule has 1 heterocycles. The van der Waals surface area contributed by atoms with Crippen LogP contribution >= 0.6 is 23.2 Å². The van der Waals surface area contributed by atoms with Gasteiger partial charge < -0.3 is 10.3 Å². The maximum atomic E-state index is 6.02. The summed E-state index contributed by atoms with van der Waals surface area (Å²) >= 11 is 11.9. The van der Waals surface area contributed by atoms with Crippen LogP contribution in [0.5, 0.6) is 0 Å². The number of rotatable bonds is 5. The molecule has 4 nitrogen and oxygen atoms in total. The third-order valence-electron chi connectivity index (χ3n) is 2.88. The van der Waals surface area contributed by atoms with Crippen LogP contribution in [0.4, 0.5) is 0 Å². The van der Waals surface area contributed by atoms with E-state index < -0.39 is 0 Å². The van der Waals surface area contributed by atoms with Crippen LogP contribution in [0.1, 0.15) is 30.6 Å². The molecule has 0 saturated carbocycles. The highest BCUT2D eigenvalue weighted by Gasteiger charge is 2.11. The molecule has 0 radical (unpaired) electrons. The fourth-order valence-corrected chi connectivity index (χ4v) is 2.29. The molecule has 2 N–H and O–H groups in total. The number of hydrogen-bond donors (Lipinski definition) is 1. The largest absolute Gasteiger partial charge is 0.324 e. The zero-order valence-corrected chi connectivity index (χ0v) is 12.2. The lowest BCUT2D eigenvalue weighted by Gasteiger charge is -2.08. The van der Waals surface area contributed by atoms with Gasteiger partial charge in [0.15, 0.2) is 0 Å². The van der Waals surface area contributed by atoms with Crippen molar-refractivity contribution in [3.8, 4) is 0 Å². The molecule has 0 aliphatic rings. The van der Waals surface area contributed by atoms with E-state index in [0.717, 1.165) is 30.2 Å². The zero-order chi connectivity index (χ0) is 13.8. The zero-order valence-electron chi connectivity index (χ0n) is 10.7. The third-order valence-corrected chi connectivity index (χ3v) is 3.62. The molecular formula is C13H16Cl2N4. The summed E-state index contributed by atoms with van der Waals surface area (Å²) in [6, 6.07) is 5.60. The fourth-order valence-electron chi connectivity index (χ4n) is 1.97. The van der Waals surface area contributed by atoms with Crippen LogP contribution < -0.4 is 5.73 Å². The van der Waals surface area contributed by atoms with Crippen LogP contribution in [0.15, 0.2) is 18.2 Å². The Hall–Kier alpha value is -1.10. The van der Waals surface area contributed by atoms with Crippen molar-refractivity contribution in [2.24, 2.45) is 5.73 Å². The van der Waals surface area contributed by atoms with E-state index in [4.69, 9.17) is 28.9 Å². The molecule has 0 amide bonds. The number of hydrogen-bond acceptors (Lipinski definition) is 3. The van der Waals surface area contributed by atoms with Crippen molar-refractivity contribution in [2.75, 3.05) is 0 Å². The smallest absolute Gasteiger partial charge is 0.146 e. The molecule has 2 rings (SSSR count). The Labute approximate surface area is 122 Å². The van der Waals surface area contributed by atoms with Crippen molar-refractivity contribution < 1.29 is 0 Å². The molecule has 0 aliphatic heterocycles. The van der Waals surface area contributed by atoms with Crippen molar-refractivity contribution >= 4 is 23.2 Å². The summed E-state index contributed by atoms with van der Waals surface area (Å²) in [4.78, 5) is 0. The molecule has 19 heavy (non-hydrogen) atoms. The summed E-state index contributed by atoms with van der Waals surface area (Å²) in [6.07, 6.45) is 1.68. The second-order valence-electron chi connectivity index (χ2n) is 4.31. The van der Waals surface area contributed by atoms with E-state index in [-0.39, 0.29) is 0 Å². The molecule has 0 unspecified atom stereocenters. The molecule has 0 aliphatic carbocycles. The van der Waals surface area contributed by atoms with Gasteiger partial charge in [-0.3, -0.25) is 0 Å². The Morgan fingerprint density at radius 3 is 2.53 bits per heavy atom. The molecular weight excluding hydrogens is 283 g/mol. The Balaban J connectivity index is 2.27. The highest BCUT2D eigenvalue weighted by atomic mass is 35.5. The first-order chi connectivity index (χ1) is 9.15. The summed E-state index contributed by atoms with van der Waals surface area (Å²) in [5, 5.41) is 9.44. The van der Waals surface area contributed by atoms with Gasteiger partial charge in [0.05, 0.1) is 16.6 Å². The summed E-state index contributed by atoms with van der Waals surface area (Å²) in [5.74, 6) is 1.72. The monoisotopic (exact) mass is 298 g/mol. The van der Waals surface area contributed by atoms with Gasteiger partial charge in [0.25, 0.3) is 0 Å². The van der Waals surface area contributed by atoms with Gasteiger partial charge in [-0.15, -0.1) is 10.2 Å². The van der Waals surface area contributed by atoms with Crippen LogP contribution in [0.25, 0.3) is 0 Å². The van der Waals surface area contributed by atoms with Crippen LogP contribution in [-0.4, -0.2) is 14.8 Å². The standard InChI is InChI=1S/C13H16Cl2N4/c1-2-5-19-12(17-18-13(19)8-16)7-9-3-4-10(14)11(15)6-9/h3-4,6H,2,5,7-8,16H2,1H3. The van der Waals surface area contributed by atoms with Gasteiger partial charge >= 0.3 is 0 Å². The molecule has 0 saturated heterocycles.